The van der Waals surface area contributed by atoms with Crippen LogP contribution in [-0.4, -0.2) is 15.6 Å². The molecular formula is C78H82N4O+2. The Bertz CT molecular complexity index is 4800. The molecule has 0 fully saturated rings. The van der Waals surface area contributed by atoms with Crippen LogP contribution in [0.5, 0.6) is 11.5 Å². The highest BCUT2D eigenvalue weighted by atomic mass is 16.5. The molecule has 418 valence electrons. The lowest BCUT2D eigenvalue weighted by Gasteiger charge is -2.43. The molecule has 10 aromatic rings. The average molecular weight is 1100 g/mol. The van der Waals surface area contributed by atoms with Crippen LogP contribution >= 0.6 is 0 Å². The SMILES string of the molecule is [2H]c1c([2H])c([2H])c(-c2cccc(-c3cc(C(C)(C)C)cc(C(C)(C)C)c3)c2[N+]2=C=[N+](c3cc(Oc4ccc5c6c([2H])c([2H])c([2H])c([2H])c6n(-c6cc(C(C)(C)C)c(-c7cccc8c7C(C)(C)CCC8(C)C)cn6)c5c4)cc(C(C)(C)C)c3)c3ccccc32)c([2H])c1[2H]. The number of para-hydroxylation sites is 4. The number of hydrogen-bond acceptors (Lipinski definition) is 2. The van der Waals surface area contributed by atoms with Gasteiger partial charge in [0.1, 0.15) is 17.3 Å². The maximum atomic E-state index is 9.52. The normalized spacial score (nSPS) is 16.6. The molecule has 8 aromatic carbocycles. The van der Waals surface area contributed by atoms with Gasteiger partial charge in [0.05, 0.1) is 40.6 Å². The number of nitrogens with zero attached hydrogens (tertiary/aromatic N) is 4. The summed E-state index contributed by atoms with van der Waals surface area (Å²) in [5.74, 6) is 1.49. The van der Waals surface area contributed by atoms with Gasteiger partial charge < -0.3 is 4.74 Å². The zero-order valence-corrected chi connectivity index (χ0v) is 51.2. The van der Waals surface area contributed by atoms with Crippen molar-refractivity contribution in [2.24, 2.45) is 0 Å². The molecule has 2 aliphatic rings. The van der Waals surface area contributed by atoms with Gasteiger partial charge in [-0.15, -0.1) is 0 Å². The van der Waals surface area contributed by atoms with E-state index in [1.165, 1.54) is 11.1 Å². The number of pyridine rings is 1. The van der Waals surface area contributed by atoms with Crippen LogP contribution in [0.4, 0.5) is 22.7 Å². The van der Waals surface area contributed by atoms with Crippen LogP contribution < -0.4 is 13.9 Å². The monoisotopic (exact) mass is 1100 g/mol. The Hall–Kier alpha value is -8.11. The van der Waals surface area contributed by atoms with Crippen LogP contribution in [0.3, 0.4) is 0 Å². The van der Waals surface area contributed by atoms with Crippen LogP contribution in [0.1, 0.15) is 169 Å². The lowest BCUT2D eigenvalue weighted by Crippen LogP contribution is -2.34. The number of benzene rings is 8. The highest BCUT2D eigenvalue weighted by molar-refractivity contribution is 6.09. The number of fused-ring (bicyclic) bond motifs is 5. The molecule has 0 radical (unpaired) electrons. The first-order chi connectivity index (χ1) is 42.9. The van der Waals surface area contributed by atoms with E-state index in [-0.39, 0.29) is 68.9 Å². The van der Waals surface area contributed by atoms with Crippen molar-refractivity contribution in [3.05, 3.63) is 215 Å². The van der Waals surface area contributed by atoms with Crippen molar-refractivity contribution in [3.63, 3.8) is 0 Å². The van der Waals surface area contributed by atoms with Crippen molar-refractivity contribution < 1.29 is 17.1 Å². The van der Waals surface area contributed by atoms with Crippen molar-refractivity contribution >= 4 is 50.6 Å². The lowest BCUT2D eigenvalue weighted by atomic mass is 9.61. The van der Waals surface area contributed by atoms with E-state index in [9.17, 15) is 5.48 Å². The third-order valence-corrected chi connectivity index (χ3v) is 17.3. The first-order valence-corrected chi connectivity index (χ1v) is 29.2. The standard InChI is InChI=1S/C78H82N4O/c1-73(2,3)52-40-51(41-53(42-52)74(4,5)6)59-30-24-29-58(50-26-18-17-19-27-50)72(59)81-49-80(67-34-22-23-35-68(67)81)55-43-54(75(7,8)9)44-57(45-55)83-56-36-37-61-60-28-20-21-33-66(60)82(69(61)46-56)70-47-65(76(10,11)12)63(48-79-70)62-31-25-32-64-71(62)78(15,16)39-38-77(64,13)14/h17-37,40-48H,38-39H2,1-16H3/q+2/i17D,18D,19D,20D,21D,26D,27D,28D,33D. The molecule has 0 spiro atoms. The van der Waals surface area contributed by atoms with E-state index in [0.29, 0.717) is 50.4 Å². The maximum absolute atomic E-state index is 9.52. The summed E-state index contributed by atoms with van der Waals surface area (Å²) in [7, 11) is 0. The first kappa shape index (κ1) is 45.4. The second-order valence-corrected chi connectivity index (χ2v) is 28.4. The van der Waals surface area contributed by atoms with Gasteiger partial charge in [-0.25, -0.2) is 4.98 Å². The minimum absolute atomic E-state index is 0.00718. The van der Waals surface area contributed by atoms with Gasteiger partial charge in [-0.05, 0) is 147 Å². The molecule has 0 saturated heterocycles. The Morgan fingerprint density at radius 1 is 0.506 bits per heavy atom. The van der Waals surface area contributed by atoms with Crippen LogP contribution in [0, 0.1) is 0 Å². The predicted molar refractivity (Wildman–Crippen MR) is 352 cm³/mol. The van der Waals surface area contributed by atoms with E-state index >= 15 is 0 Å². The largest absolute Gasteiger partial charge is 0.503 e. The molecule has 3 heterocycles. The molecule has 83 heavy (non-hydrogen) atoms. The highest BCUT2D eigenvalue weighted by Gasteiger charge is 2.42. The molecule has 0 bridgehead atoms. The van der Waals surface area contributed by atoms with Gasteiger partial charge in [-0.2, -0.15) is 0 Å². The van der Waals surface area contributed by atoms with Crippen molar-refractivity contribution in [2.45, 2.75) is 156 Å². The zero-order valence-electron chi connectivity index (χ0n) is 60.2. The quantitative estimate of drug-likeness (QED) is 0.142. The van der Waals surface area contributed by atoms with Crippen molar-refractivity contribution in [3.8, 4) is 50.7 Å². The van der Waals surface area contributed by atoms with Crippen LogP contribution in [0.15, 0.2) is 182 Å². The molecule has 5 nitrogen and oxygen atoms in total. The Balaban J connectivity index is 1.07. The smallest absolute Gasteiger partial charge is 0.457 e. The molecule has 12 rings (SSSR count). The summed E-state index contributed by atoms with van der Waals surface area (Å²) in [6, 6.07) is 41.8. The minimum Gasteiger partial charge on any atom is -0.457 e. The number of rotatable bonds is 8. The van der Waals surface area contributed by atoms with Gasteiger partial charge in [0.15, 0.2) is 0 Å². The van der Waals surface area contributed by atoms with Crippen LogP contribution in [0.2, 0.25) is 0 Å². The van der Waals surface area contributed by atoms with E-state index in [1.807, 2.05) is 92.7 Å². The third kappa shape index (κ3) is 10.1. The Kier molecular flexibility index (Phi) is 10.8. The molecule has 1 aliphatic heterocycles. The van der Waals surface area contributed by atoms with Gasteiger partial charge in [-0.3, -0.25) is 4.57 Å². The van der Waals surface area contributed by atoms with E-state index in [2.05, 4.69) is 165 Å². The summed E-state index contributed by atoms with van der Waals surface area (Å²) in [6.07, 6.45) is 4.09. The van der Waals surface area contributed by atoms with Gasteiger partial charge in [0.2, 0.25) is 11.4 Å². The summed E-state index contributed by atoms with van der Waals surface area (Å²) >= 11 is 0. The van der Waals surface area contributed by atoms with E-state index in [1.54, 1.807) is 0 Å². The Morgan fingerprint density at radius 3 is 1.78 bits per heavy atom. The summed E-state index contributed by atoms with van der Waals surface area (Å²) in [4.78, 5) is 5.28. The highest BCUT2D eigenvalue weighted by Crippen LogP contribution is 2.52. The molecule has 5 heteroatoms. The number of aromatic nitrogens is 2. The van der Waals surface area contributed by atoms with E-state index < -0.39 is 23.5 Å². The fourth-order valence-corrected chi connectivity index (χ4v) is 12.4. The minimum atomic E-state index is -0.467. The maximum Gasteiger partial charge on any atom is 0.503 e. The van der Waals surface area contributed by atoms with Crippen molar-refractivity contribution in [1.29, 1.82) is 0 Å². The molecule has 0 saturated carbocycles. The fraction of sp³-hybridized carbons (Fsp3) is 0.308. The molecule has 0 amide bonds. The van der Waals surface area contributed by atoms with Crippen LogP contribution in [0.25, 0.3) is 61.0 Å². The van der Waals surface area contributed by atoms with Crippen LogP contribution in [-0.2, 0) is 32.5 Å². The summed E-state index contributed by atoms with van der Waals surface area (Å²) < 4.78 is 94.8. The fourth-order valence-electron chi connectivity index (χ4n) is 12.4. The average Bonchev–Trinajstić information content (AvgIpc) is 1.45. The predicted octanol–water partition coefficient (Wildman–Crippen LogP) is 21.4. The Morgan fingerprint density at radius 2 is 1.11 bits per heavy atom. The summed E-state index contributed by atoms with van der Waals surface area (Å²) in [5.41, 5.74) is 13.8. The molecule has 2 aromatic heterocycles. The zero-order chi connectivity index (χ0) is 66.6. The molecular weight excluding hydrogens is 1010 g/mol. The first-order valence-electron chi connectivity index (χ1n) is 33.7. The lowest BCUT2D eigenvalue weighted by molar-refractivity contribution is 0.332. The van der Waals surface area contributed by atoms with Gasteiger partial charge in [-0.1, -0.05) is 214 Å². The molecule has 1 aliphatic carbocycles. The topological polar surface area (TPSA) is 33.1 Å². The second kappa shape index (κ2) is 19.8. The Labute approximate surface area is 506 Å². The summed E-state index contributed by atoms with van der Waals surface area (Å²) in [6.45, 7) is 35.6. The summed E-state index contributed by atoms with van der Waals surface area (Å²) in [5, 5.41) is 1.00. The van der Waals surface area contributed by atoms with Gasteiger partial charge in [0.25, 0.3) is 11.4 Å². The molecule has 0 unspecified atom stereocenters. The van der Waals surface area contributed by atoms with Crippen molar-refractivity contribution in [2.75, 3.05) is 0 Å². The van der Waals surface area contributed by atoms with E-state index in [0.717, 1.165) is 74.4 Å². The molecule has 0 N–H and O–H groups in total. The number of hydrogen-bond donors (Lipinski definition) is 0. The van der Waals surface area contributed by atoms with Gasteiger partial charge >= 0.3 is 6.01 Å². The van der Waals surface area contributed by atoms with Gasteiger partial charge in [0, 0.05) is 46.8 Å². The molecule has 0 atom stereocenters. The number of ether oxygens (including phenoxy) is 1. The van der Waals surface area contributed by atoms with Crippen molar-refractivity contribution in [1.82, 2.24) is 18.7 Å². The third-order valence-electron chi connectivity index (χ3n) is 17.3. The second-order valence-electron chi connectivity index (χ2n) is 28.4. The van der Waals surface area contributed by atoms with E-state index in [4.69, 9.17) is 16.6 Å².